The van der Waals surface area contributed by atoms with Crippen molar-refractivity contribution >= 4 is 17.9 Å². The molecule has 0 fully saturated rings. The number of amides is 1. The standard InChI is InChI=1S/C32H42N2O4/c1-21(2)18-34(31(36)32(5,6)7)28-17-24(14-15-30(28)38-9)25(20-35)16-26-22(3)19-33(23(26)4)27-12-10-11-13-29(27)37-8/h10-15,17,19-21,25H,16,18H2,1-9H3. The van der Waals surface area contributed by atoms with E-state index >= 15 is 0 Å². The zero-order chi connectivity index (χ0) is 28.2. The number of nitrogens with zero attached hydrogens (tertiary/aromatic N) is 2. The van der Waals surface area contributed by atoms with Crippen LogP contribution < -0.4 is 14.4 Å². The Balaban J connectivity index is 2.05. The second-order valence-electron chi connectivity index (χ2n) is 11.4. The SMILES string of the molecule is COc1ccc(C(C=O)Cc2c(C)cn(-c3ccccc3OC)c2C)cc1N(CC(C)C)C(=O)C(C)(C)C. The van der Waals surface area contributed by atoms with Crippen molar-refractivity contribution < 1.29 is 19.1 Å². The van der Waals surface area contributed by atoms with Crippen LogP contribution in [-0.4, -0.2) is 37.5 Å². The molecule has 1 atom stereocenters. The molecule has 0 saturated carbocycles. The van der Waals surface area contributed by atoms with E-state index in [2.05, 4.69) is 38.5 Å². The van der Waals surface area contributed by atoms with Crippen LogP contribution in [-0.2, 0) is 16.0 Å². The second-order valence-corrected chi connectivity index (χ2v) is 11.4. The fourth-order valence-electron chi connectivity index (χ4n) is 4.86. The fraction of sp³-hybridized carbons (Fsp3) is 0.438. The van der Waals surface area contributed by atoms with Gasteiger partial charge in [0.15, 0.2) is 0 Å². The van der Waals surface area contributed by atoms with Crippen molar-refractivity contribution in [3.05, 3.63) is 71.0 Å². The first kappa shape index (κ1) is 29.0. The molecule has 0 aliphatic carbocycles. The van der Waals surface area contributed by atoms with Crippen molar-refractivity contribution in [3.8, 4) is 17.2 Å². The van der Waals surface area contributed by atoms with Crippen LogP contribution in [0.3, 0.4) is 0 Å². The van der Waals surface area contributed by atoms with Gasteiger partial charge in [0.2, 0.25) is 5.91 Å². The van der Waals surface area contributed by atoms with Gasteiger partial charge in [-0.2, -0.15) is 0 Å². The van der Waals surface area contributed by atoms with Gasteiger partial charge in [-0.15, -0.1) is 0 Å². The number of hydrogen-bond acceptors (Lipinski definition) is 4. The first-order valence-corrected chi connectivity index (χ1v) is 13.2. The minimum Gasteiger partial charge on any atom is -0.495 e. The van der Waals surface area contributed by atoms with Crippen LogP contribution >= 0.6 is 0 Å². The third-order valence-corrected chi connectivity index (χ3v) is 6.89. The smallest absolute Gasteiger partial charge is 0.232 e. The Bertz CT molecular complexity index is 1280. The molecule has 204 valence electrons. The van der Waals surface area contributed by atoms with E-state index in [9.17, 15) is 9.59 Å². The molecule has 1 heterocycles. The quantitative estimate of drug-likeness (QED) is 0.281. The summed E-state index contributed by atoms with van der Waals surface area (Å²) in [7, 11) is 3.28. The summed E-state index contributed by atoms with van der Waals surface area (Å²) in [5.74, 6) is 1.31. The average molecular weight is 519 g/mol. The van der Waals surface area contributed by atoms with Crippen LogP contribution in [0.2, 0.25) is 0 Å². The van der Waals surface area contributed by atoms with Crippen molar-refractivity contribution in [2.24, 2.45) is 11.3 Å². The van der Waals surface area contributed by atoms with Crippen LogP contribution in [0.1, 0.15) is 62.9 Å². The van der Waals surface area contributed by atoms with E-state index < -0.39 is 5.41 Å². The Morgan fingerprint density at radius 3 is 2.26 bits per heavy atom. The van der Waals surface area contributed by atoms with E-state index in [4.69, 9.17) is 9.47 Å². The summed E-state index contributed by atoms with van der Waals surface area (Å²) < 4.78 is 13.4. The number of anilines is 1. The van der Waals surface area contributed by atoms with Crippen molar-refractivity contribution in [3.63, 3.8) is 0 Å². The van der Waals surface area contributed by atoms with Crippen LogP contribution in [0.5, 0.6) is 11.5 Å². The fourth-order valence-corrected chi connectivity index (χ4v) is 4.86. The Hall–Kier alpha value is -3.54. The Morgan fingerprint density at radius 1 is 1.03 bits per heavy atom. The Kier molecular flexibility index (Phi) is 9.08. The molecule has 1 amide bonds. The van der Waals surface area contributed by atoms with Crippen LogP contribution in [0, 0.1) is 25.2 Å². The number of aldehydes is 1. The van der Waals surface area contributed by atoms with Gasteiger partial charge in [-0.05, 0) is 67.1 Å². The zero-order valence-corrected chi connectivity index (χ0v) is 24.3. The number of aryl methyl sites for hydroxylation is 1. The second kappa shape index (κ2) is 11.9. The van der Waals surface area contributed by atoms with Gasteiger partial charge in [0.1, 0.15) is 17.8 Å². The van der Waals surface area contributed by atoms with Crippen molar-refractivity contribution in [1.29, 1.82) is 0 Å². The third kappa shape index (κ3) is 6.12. The lowest BCUT2D eigenvalue weighted by Gasteiger charge is -2.32. The molecule has 0 aliphatic heterocycles. The molecule has 0 spiro atoms. The molecule has 1 unspecified atom stereocenters. The number of carbonyl (C=O) groups excluding carboxylic acids is 2. The topological polar surface area (TPSA) is 60.8 Å². The van der Waals surface area contributed by atoms with Crippen molar-refractivity contribution in [2.75, 3.05) is 25.7 Å². The third-order valence-electron chi connectivity index (χ3n) is 6.89. The predicted molar refractivity (Wildman–Crippen MR) is 154 cm³/mol. The van der Waals surface area contributed by atoms with Gasteiger partial charge in [-0.25, -0.2) is 0 Å². The molecule has 0 saturated heterocycles. The molecule has 0 aliphatic rings. The van der Waals surface area contributed by atoms with E-state index in [1.54, 1.807) is 14.2 Å². The first-order valence-electron chi connectivity index (χ1n) is 13.2. The lowest BCUT2D eigenvalue weighted by molar-refractivity contribution is -0.125. The Morgan fingerprint density at radius 2 is 1.68 bits per heavy atom. The number of benzene rings is 2. The van der Waals surface area contributed by atoms with Gasteiger partial charge in [0, 0.05) is 29.8 Å². The lowest BCUT2D eigenvalue weighted by Crippen LogP contribution is -2.42. The molecule has 0 bridgehead atoms. The number of hydrogen-bond donors (Lipinski definition) is 0. The van der Waals surface area contributed by atoms with Gasteiger partial charge in [-0.3, -0.25) is 4.79 Å². The van der Waals surface area contributed by atoms with E-state index in [0.29, 0.717) is 24.4 Å². The minimum atomic E-state index is -0.560. The average Bonchev–Trinajstić information content (AvgIpc) is 3.16. The van der Waals surface area contributed by atoms with E-state index in [0.717, 1.165) is 40.1 Å². The molecular formula is C32H42N2O4. The number of methoxy groups -OCH3 is 2. The molecule has 0 radical (unpaired) electrons. The van der Waals surface area contributed by atoms with Gasteiger partial charge in [-0.1, -0.05) is 52.8 Å². The number of para-hydroxylation sites is 2. The highest BCUT2D eigenvalue weighted by atomic mass is 16.5. The molecule has 3 rings (SSSR count). The minimum absolute atomic E-state index is 0.0184. The predicted octanol–water partition coefficient (Wildman–Crippen LogP) is 6.67. The number of carbonyl (C=O) groups is 2. The Labute approximate surface area is 227 Å². The van der Waals surface area contributed by atoms with Crippen LogP contribution in [0.25, 0.3) is 5.69 Å². The normalized spacial score (nSPS) is 12.4. The van der Waals surface area contributed by atoms with Crippen LogP contribution in [0.4, 0.5) is 5.69 Å². The molecule has 6 heteroatoms. The van der Waals surface area contributed by atoms with E-state index in [-0.39, 0.29) is 17.7 Å². The largest absolute Gasteiger partial charge is 0.495 e. The molecule has 0 N–H and O–H groups in total. The highest BCUT2D eigenvalue weighted by Crippen LogP contribution is 2.36. The van der Waals surface area contributed by atoms with Gasteiger partial charge >= 0.3 is 0 Å². The summed E-state index contributed by atoms with van der Waals surface area (Å²) in [4.78, 5) is 27.8. The maximum Gasteiger partial charge on any atom is 0.232 e. The molecule has 3 aromatic rings. The van der Waals surface area contributed by atoms with E-state index in [1.807, 2.05) is 68.1 Å². The maximum atomic E-state index is 13.5. The first-order chi connectivity index (χ1) is 17.9. The zero-order valence-electron chi connectivity index (χ0n) is 24.3. The number of rotatable bonds is 10. The monoisotopic (exact) mass is 518 g/mol. The molecule has 6 nitrogen and oxygen atoms in total. The van der Waals surface area contributed by atoms with Gasteiger partial charge in [0.05, 0.1) is 25.6 Å². The highest BCUT2D eigenvalue weighted by molar-refractivity contribution is 5.98. The summed E-state index contributed by atoms with van der Waals surface area (Å²) in [6.07, 6.45) is 3.64. The molecule has 38 heavy (non-hydrogen) atoms. The van der Waals surface area contributed by atoms with Crippen molar-refractivity contribution in [2.45, 2.75) is 60.8 Å². The van der Waals surface area contributed by atoms with E-state index in [1.165, 1.54) is 0 Å². The summed E-state index contributed by atoms with van der Waals surface area (Å²) in [5, 5.41) is 0. The van der Waals surface area contributed by atoms with Gasteiger partial charge in [0.25, 0.3) is 0 Å². The molecular weight excluding hydrogens is 476 g/mol. The maximum absolute atomic E-state index is 13.5. The summed E-state index contributed by atoms with van der Waals surface area (Å²) in [6, 6.07) is 13.7. The molecule has 2 aromatic carbocycles. The lowest BCUT2D eigenvalue weighted by atomic mass is 9.90. The van der Waals surface area contributed by atoms with Crippen LogP contribution in [0.15, 0.2) is 48.7 Å². The summed E-state index contributed by atoms with van der Waals surface area (Å²) in [5.41, 5.74) is 5.25. The van der Waals surface area contributed by atoms with Crippen molar-refractivity contribution in [1.82, 2.24) is 4.57 Å². The summed E-state index contributed by atoms with van der Waals surface area (Å²) in [6.45, 7) is 14.6. The summed E-state index contributed by atoms with van der Waals surface area (Å²) >= 11 is 0. The highest BCUT2D eigenvalue weighted by Gasteiger charge is 2.31. The molecule has 1 aromatic heterocycles. The number of ether oxygens (including phenoxy) is 2. The van der Waals surface area contributed by atoms with Gasteiger partial charge < -0.3 is 23.7 Å². The number of aromatic nitrogens is 1.